The Morgan fingerprint density at radius 3 is 3.18 bits per heavy atom. The summed E-state index contributed by atoms with van der Waals surface area (Å²) in [7, 11) is 0. The van der Waals surface area contributed by atoms with Gasteiger partial charge >= 0.3 is 5.97 Å². The number of esters is 1. The number of nitrogens with one attached hydrogen (secondary N) is 1. The Bertz CT molecular complexity index is 676. The molecular weight excluding hydrogens is 326 g/mol. The number of aromatic nitrogens is 2. The number of thiazole rings is 1. The van der Waals surface area contributed by atoms with Gasteiger partial charge in [-0.2, -0.15) is 0 Å². The van der Waals surface area contributed by atoms with Crippen LogP contribution in [0.3, 0.4) is 0 Å². The highest BCUT2D eigenvalue weighted by Gasteiger charge is 2.14. The van der Waals surface area contributed by atoms with Crippen molar-refractivity contribution in [1.82, 2.24) is 9.38 Å². The molecule has 8 heteroatoms. The minimum Gasteiger partial charge on any atom is -0.457 e. The first kappa shape index (κ1) is 15.5. The highest BCUT2D eigenvalue weighted by Crippen LogP contribution is 2.22. The second-order valence-electron chi connectivity index (χ2n) is 4.96. The molecule has 0 bridgehead atoms. The van der Waals surface area contributed by atoms with Crippen molar-refractivity contribution >= 4 is 39.9 Å². The zero-order valence-corrected chi connectivity index (χ0v) is 13.5. The number of nitrogens with zero attached hydrogens (tertiary/aromatic N) is 2. The van der Waals surface area contributed by atoms with Crippen LogP contribution in [0.1, 0.15) is 5.69 Å². The van der Waals surface area contributed by atoms with E-state index in [0.29, 0.717) is 17.5 Å². The lowest BCUT2D eigenvalue weighted by Gasteiger charge is -2.23. The van der Waals surface area contributed by atoms with Crippen LogP contribution in [0.15, 0.2) is 17.7 Å². The van der Waals surface area contributed by atoms with Crippen molar-refractivity contribution in [2.24, 2.45) is 0 Å². The summed E-state index contributed by atoms with van der Waals surface area (Å²) in [5.74, 6) is -0.367. The van der Waals surface area contributed by atoms with Crippen molar-refractivity contribution in [2.45, 2.75) is 0 Å². The number of rotatable bonds is 5. The van der Waals surface area contributed by atoms with Crippen molar-refractivity contribution in [3.8, 4) is 0 Å². The quantitative estimate of drug-likeness (QED) is 0.636. The maximum Gasteiger partial charge on any atom is 0.331 e. The minimum absolute atomic E-state index is 0.367. The van der Waals surface area contributed by atoms with E-state index >= 15 is 0 Å². The summed E-state index contributed by atoms with van der Waals surface area (Å²) in [5.41, 5.74) is 0.689. The van der Waals surface area contributed by atoms with Crippen molar-refractivity contribution in [3.05, 3.63) is 28.5 Å². The first-order chi connectivity index (χ1) is 10.7. The largest absolute Gasteiger partial charge is 0.457 e. The minimum atomic E-state index is -0.367. The topological polar surface area (TPSA) is 57.3 Å². The van der Waals surface area contributed by atoms with Gasteiger partial charge in [-0.05, 0) is 6.08 Å². The molecule has 0 unspecified atom stereocenters. The molecule has 0 aliphatic carbocycles. The number of ether oxygens (including phenoxy) is 2. The van der Waals surface area contributed by atoms with Gasteiger partial charge in [0.2, 0.25) is 0 Å². The number of quaternary nitrogens is 1. The van der Waals surface area contributed by atoms with Gasteiger partial charge in [-0.1, -0.05) is 11.6 Å². The number of fused-ring (bicyclic) bond motifs is 1. The van der Waals surface area contributed by atoms with E-state index in [2.05, 4.69) is 4.98 Å². The van der Waals surface area contributed by atoms with E-state index in [4.69, 9.17) is 21.1 Å². The molecule has 1 fully saturated rings. The molecule has 6 nitrogen and oxygen atoms in total. The zero-order chi connectivity index (χ0) is 15.4. The number of carbonyl (C=O) groups excluding carboxylic acids is 1. The predicted octanol–water partition coefficient (Wildman–Crippen LogP) is 0.521. The fraction of sp³-hybridized carbons (Fsp3) is 0.429. The molecule has 1 aliphatic rings. The van der Waals surface area contributed by atoms with Crippen LogP contribution in [0, 0.1) is 0 Å². The molecule has 0 amide bonds. The van der Waals surface area contributed by atoms with Gasteiger partial charge in [-0.25, -0.2) is 9.78 Å². The summed E-state index contributed by atoms with van der Waals surface area (Å²) in [4.78, 5) is 18.2. The summed E-state index contributed by atoms with van der Waals surface area (Å²) in [5, 5.41) is 2.30. The van der Waals surface area contributed by atoms with Crippen LogP contribution in [-0.4, -0.2) is 54.8 Å². The summed E-state index contributed by atoms with van der Waals surface area (Å²) in [6.07, 6.45) is 4.90. The SMILES string of the molecule is O=C(/C=C/c1c(Cl)nc2sccn12)OCC[NH+]1CCOCC1. The molecular formula is C14H17ClN3O3S+. The smallest absolute Gasteiger partial charge is 0.331 e. The monoisotopic (exact) mass is 342 g/mol. The first-order valence-corrected chi connectivity index (χ1v) is 8.37. The van der Waals surface area contributed by atoms with Crippen LogP contribution in [0.2, 0.25) is 5.15 Å². The molecule has 0 spiro atoms. The molecule has 0 aromatic carbocycles. The number of morpholine rings is 1. The van der Waals surface area contributed by atoms with Crippen LogP contribution in [0.25, 0.3) is 11.0 Å². The Morgan fingerprint density at radius 1 is 1.55 bits per heavy atom. The van der Waals surface area contributed by atoms with Gasteiger partial charge in [0.15, 0.2) is 10.1 Å². The van der Waals surface area contributed by atoms with E-state index in [1.165, 1.54) is 22.3 Å². The lowest BCUT2D eigenvalue weighted by molar-refractivity contribution is -0.908. The van der Waals surface area contributed by atoms with E-state index in [1.54, 1.807) is 6.08 Å². The number of hydrogen-bond donors (Lipinski definition) is 1. The summed E-state index contributed by atoms with van der Waals surface area (Å²) in [6, 6.07) is 0. The summed E-state index contributed by atoms with van der Waals surface area (Å²) < 4.78 is 12.3. The third kappa shape index (κ3) is 3.67. The zero-order valence-electron chi connectivity index (χ0n) is 12.0. The Labute approximate surface area is 136 Å². The maximum atomic E-state index is 11.8. The highest BCUT2D eigenvalue weighted by atomic mass is 35.5. The van der Waals surface area contributed by atoms with Crippen molar-refractivity contribution < 1.29 is 19.2 Å². The first-order valence-electron chi connectivity index (χ1n) is 7.11. The van der Waals surface area contributed by atoms with E-state index in [0.717, 1.165) is 37.8 Å². The molecule has 1 N–H and O–H groups in total. The standard InChI is InChI=1S/C14H16ClN3O3S/c15-13-11(18-6-10-22-14(18)16-13)1-2-12(19)21-9-5-17-3-7-20-8-4-17/h1-2,6,10H,3-5,7-9H2/p+1/b2-1+. The Balaban J connectivity index is 1.50. The molecule has 3 rings (SSSR count). The average molecular weight is 343 g/mol. The average Bonchev–Trinajstić information content (AvgIpc) is 3.07. The Morgan fingerprint density at radius 2 is 2.36 bits per heavy atom. The van der Waals surface area contributed by atoms with Gasteiger partial charge in [0, 0.05) is 17.7 Å². The maximum absolute atomic E-state index is 11.8. The van der Waals surface area contributed by atoms with Crippen LogP contribution < -0.4 is 4.90 Å². The molecule has 0 atom stereocenters. The number of imidazole rings is 1. The number of carbonyl (C=O) groups is 1. The van der Waals surface area contributed by atoms with Gasteiger partial charge in [0.25, 0.3) is 0 Å². The van der Waals surface area contributed by atoms with Crippen molar-refractivity contribution in [1.29, 1.82) is 0 Å². The fourth-order valence-electron chi connectivity index (χ4n) is 2.33. The molecule has 22 heavy (non-hydrogen) atoms. The van der Waals surface area contributed by atoms with Crippen LogP contribution >= 0.6 is 22.9 Å². The Kier molecular flexibility index (Phi) is 5.09. The van der Waals surface area contributed by atoms with Crippen molar-refractivity contribution in [2.75, 3.05) is 39.5 Å². The van der Waals surface area contributed by atoms with Gasteiger partial charge in [-0.15, -0.1) is 11.3 Å². The van der Waals surface area contributed by atoms with Gasteiger partial charge in [0.05, 0.1) is 18.9 Å². The van der Waals surface area contributed by atoms with Gasteiger partial charge in [0.1, 0.15) is 26.2 Å². The molecule has 2 aromatic heterocycles. The highest BCUT2D eigenvalue weighted by molar-refractivity contribution is 7.15. The van der Waals surface area contributed by atoms with E-state index < -0.39 is 0 Å². The van der Waals surface area contributed by atoms with E-state index in [9.17, 15) is 4.79 Å². The second-order valence-corrected chi connectivity index (χ2v) is 6.19. The van der Waals surface area contributed by atoms with Crippen molar-refractivity contribution in [3.63, 3.8) is 0 Å². The van der Waals surface area contributed by atoms with Gasteiger partial charge in [-0.3, -0.25) is 4.40 Å². The van der Waals surface area contributed by atoms with Crippen LogP contribution in [0.4, 0.5) is 0 Å². The van der Waals surface area contributed by atoms with Gasteiger partial charge < -0.3 is 14.4 Å². The van der Waals surface area contributed by atoms with E-state index in [-0.39, 0.29) is 5.97 Å². The number of halogens is 1. The van der Waals surface area contributed by atoms with Crippen LogP contribution in [-0.2, 0) is 14.3 Å². The summed E-state index contributed by atoms with van der Waals surface area (Å²) >= 11 is 7.55. The predicted molar refractivity (Wildman–Crippen MR) is 84.5 cm³/mol. The molecule has 118 valence electrons. The number of hydrogen-bond acceptors (Lipinski definition) is 5. The molecule has 1 saturated heterocycles. The third-order valence-corrected chi connectivity index (χ3v) is 4.57. The Hall–Kier alpha value is -1.41. The molecule has 2 aromatic rings. The molecule has 0 saturated carbocycles. The normalized spacial score (nSPS) is 16.6. The van der Waals surface area contributed by atoms with Crippen LogP contribution in [0.5, 0.6) is 0 Å². The van der Waals surface area contributed by atoms with E-state index in [1.807, 2.05) is 16.0 Å². The molecule has 0 radical (unpaired) electrons. The molecule has 1 aliphatic heterocycles. The molecule has 3 heterocycles. The summed E-state index contributed by atoms with van der Waals surface area (Å²) in [6.45, 7) is 4.71. The fourth-order valence-corrected chi connectivity index (χ4v) is 3.33. The third-order valence-electron chi connectivity index (χ3n) is 3.53. The lowest BCUT2D eigenvalue weighted by atomic mass is 10.4. The lowest BCUT2D eigenvalue weighted by Crippen LogP contribution is -3.14. The second kappa shape index (κ2) is 7.23.